The van der Waals surface area contributed by atoms with Crippen LogP contribution >= 0.6 is 0 Å². The van der Waals surface area contributed by atoms with Gasteiger partial charge in [0.15, 0.2) is 0 Å². The first-order valence-electron chi connectivity index (χ1n) is 7.01. The molecule has 1 rings (SSSR count). The van der Waals surface area contributed by atoms with Crippen LogP contribution in [0.4, 0.5) is 0 Å². The lowest BCUT2D eigenvalue weighted by Gasteiger charge is -2.36. The van der Waals surface area contributed by atoms with Crippen LogP contribution in [-0.4, -0.2) is 0 Å². The number of hydrogen-bond acceptors (Lipinski definition) is 0. The third kappa shape index (κ3) is 4.18. The highest BCUT2D eigenvalue weighted by atomic mass is 14.3. The Morgan fingerprint density at radius 3 is 2.12 bits per heavy atom. The number of rotatable bonds is 5. The van der Waals surface area contributed by atoms with E-state index in [2.05, 4.69) is 65.0 Å². The molecule has 0 amide bonds. The van der Waals surface area contributed by atoms with E-state index in [1.54, 1.807) is 0 Å². The molecule has 0 saturated heterocycles. The van der Waals surface area contributed by atoms with E-state index in [-0.39, 0.29) is 0 Å². The molecule has 0 heteroatoms. The van der Waals surface area contributed by atoms with Crippen molar-refractivity contribution in [3.8, 4) is 0 Å². The van der Waals surface area contributed by atoms with Gasteiger partial charge in [-0.05, 0) is 22.8 Å². The van der Waals surface area contributed by atoms with Crippen molar-refractivity contribution < 1.29 is 0 Å². The fourth-order valence-corrected chi connectivity index (χ4v) is 3.04. The molecule has 0 aliphatic rings. The first kappa shape index (κ1) is 14.3. The smallest absolute Gasteiger partial charge is 0.00875 e. The van der Waals surface area contributed by atoms with Gasteiger partial charge < -0.3 is 0 Å². The summed E-state index contributed by atoms with van der Waals surface area (Å²) < 4.78 is 0. The van der Waals surface area contributed by atoms with Crippen molar-refractivity contribution in [2.45, 2.75) is 59.8 Å². The maximum Gasteiger partial charge on any atom is -0.00875 e. The van der Waals surface area contributed by atoms with Crippen LogP contribution in [0.1, 0.15) is 65.4 Å². The SMILES string of the molecule is CCCCC(C)C(c1ccccc1)C(C)(C)C. The summed E-state index contributed by atoms with van der Waals surface area (Å²) in [6.45, 7) is 11.8. The molecule has 0 aliphatic carbocycles. The van der Waals surface area contributed by atoms with Gasteiger partial charge in [-0.15, -0.1) is 0 Å². The second kappa shape index (κ2) is 6.23. The van der Waals surface area contributed by atoms with Gasteiger partial charge in [0.25, 0.3) is 0 Å². The quantitative estimate of drug-likeness (QED) is 0.616. The zero-order valence-electron chi connectivity index (χ0n) is 12.2. The molecule has 0 heterocycles. The van der Waals surface area contributed by atoms with Gasteiger partial charge in [0, 0.05) is 0 Å². The van der Waals surface area contributed by atoms with E-state index in [0.29, 0.717) is 11.3 Å². The molecule has 2 atom stereocenters. The largest absolute Gasteiger partial charge is 0.0654 e. The minimum atomic E-state index is 0.342. The van der Waals surface area contributed by atoms with Crippen molar-refractivity contribution in [2.75, 3.05) is 0 Å². The second-order valence-corrected chi connectivity index (χ2v) is 6.37. The third-order valence-electron chi connectivity index (χ3n) is 3.67. The highest BCUT2D eigenvalue weighted by Gasteiger charge is 2.30. The molecule has 0 saturated carbocycles. The van der Waals surface area contributed by atoms with Crippen molar-refractivity contribution in [1.82, 2.24) is 0 Å². The maximum atomic E-state index is 2.42. The summed E-state index contributed by atoms with van der Waals surface area (Å²) in [5.74, 6) is 1.42. The van der Waals surface area contributed by atoms with Crippen LogP contribution in [0.3, 0.4) is 0 Å². The molecule has 0 nitrogen and oxygen atoms in total. The Hall–Kier alpha value is -0.780. The number of unbranched alkanes of at least 4 members (excludes halogenated alkanes) is 1. The Morgan fingerprint density at radius 1 is 1.06 bits per heavy atom. The van der Waals surface area contributed by atoms with E-state index in [0.717, 1.165) is 5.92 Å². The Labute approximate surface area is 107 Å². The van der Waals surface area contributed by atoms with Crippen LogP contribution in [0.5, 0.6) is 0 Å². The van der Waals surface area contributed by atoms with E-state index >= 15 is 0 Å². The van der Waals surface area contributed by atoms with Crippen LogP contribution in [-0.2, 0) is 0 Å². The summed E-state index contributed by atoms with van der Waals surface area (Å²) in [4.78, 5) is 0. The molecular weight excluding hydrogens is 204 g/mol. The molecule has 2 unspecified atom stereocenters. The highest BCUT2D eigenvalue weighted by molar-refractivity contribution is 5.22. The Bertz CT molecular complexity index is 305. The number of hydrogen-bond donors (Lipinski definition) is 0. The van der Waals surface area contributed by atoms with Gasteiger partial charge in [-0.1, -0.05) is 84.2 Å². The summed E-state index contributed by atoms with van der Waals surface area (Å²) in [7, 11) is 0. The third-order valence-corrected chi connectivity index (χ3v) is 3.67. The van der Waals surface area contributed by atoms with Gasteiger partial charge >= 0.3 is 0 Å². The molecule has 0 spiro atoms. The standard InChI is InChI=1S/C17H28/c1-6-7-11-14(2)16(17(3,4)5)15-12-9-8-10-13-15/h8-10,12-14,16H,6-7,11H2,1-5H3. The van der Waals surface area contributed by atoms with E-state index in [4.69, 9.17) is 0 Å². The fraction of sp³-hybridized carbons (Fsp3) is 0.647. The summed E-state index contributed by atoms with van der Waals surface area (Å²) in [6.07, 6.45) is 3.99. The minimum Gasteiger partial charge on any atom is -0.0654 e. The second-order valence-electron chi connectivity index (χ2n) is 6.37. The average molecular weight is 232 g/mol. The zero-order chi connectivity index (χ0) is 12.9. The van der Waals surface area contributed by atoms with Crippen LogP contribution in [0.2, 0.25) is 0 Å². The van der Waals surface area contributed by atoms with Crippen molar-refractivity contribution >= 4 is 0 Å². The highest BCUT2D eigenvalue weighted by Crippen LogP contribution is 2.42. The minimum absolute atomic E-state index is 0.342. The Morgan fingerprint density at radius 2 is 1.65 bits per heavy atom. The average Bonchev–Trinajstić information content (AvgIpc) is 2.26. The predicted molar refractivity (Wildman–Crippen MR) is 77.3 cm³/mol. The molecule has 1 aromatic carbocycles. The van der Waals surface area contributed by atoms with Gasteiger partial charge in [-0.2, -0.15) is 0 Å². The van der Waals surface area contributed by atoms with Crippen LogP contribution in [0.25, 0.3) is 0 Å². The molecule has 0 radical (unpaired) electrons. The lowest BCUT2D eigenvalue weighted by atomic mass is 9.69. The van der Waals surface area contributed by atoms with Crippen LogP contribution in [0.15, 0.2) is 30.3 Å². The van der Waals surface area contributed by atoms with Gasteiger partial charge in [-0.25, -0.2) is 0 Å². The lowest BCUT2D eigenvalue weighted by Crippen LogP contribution is -2.24. The first-order chi connectivity index (χ1) is 7.96. The van der Waals surface area contributed by atoms with E-state index < -0.39 is 0 Å². The normalized spacial score (nSPS) is 15.6. The molecular formula is C17H28. The Kier molecular flexibility index (Phi) is 5.24. The van der Waals surface area contributed by atoms with Gasteiger partial charge in [-0.3, -0.25) is 0 Å². The zero-order valence-corrected chi connectivity index (χ0v) is 12.2. The van der Waals surface area contributed by atoms with Crippen molar-refractivity contribution in [3.63, 3.8) is 0 Å². The molecule has 17 heavy (non-hydrogen) atoms. The summed E-state index contributed by atoms with van der Waals surface area (Å²) in [6, 6.07) is 11.0. The molecule has 0 bridgehead atoms. The summed E-state index contributed by atoms with van der Waals surface area (Å²) in [5, 5.41) is 0. The number of benzene rings is 1. The molecule has 0 fully saturated rings. The fourth-order valence-electron chi connectivity index (χ4n) is 3.04. The molecule has 0 aromatic heterocycles. The molecule has 0 N–H and O–H groups in total. The summed E-state index contributed by atoms with van der Waals surface area (Å²) in [5.41, 5.74) is 1.85. The summed E-state index contributed by atoms with van der Waals surface area (Å²) >= 11 is 0. The lowest BCUT2D eigenvalue weighted by molar-refractivity contribution is 0.234. The van der Waals surface area contributed by atoms with Crippen molar-refractivity contribution in [3.05, 3.63) is 35.9 Å². The predicted octanol–water partition coefficient (Wildman–Crippen LogP) is 5.64. The van der Waals surface area contributed by atoms with Gasteiger partial charge in [0.05, 0.1) is 0 Å². The van der Waals surface area contributed by atoms with Crippen LogP contribution in [0, 0.1) is 11.3 Å². The molecule has 96 valence electrons. The van der Waals surface area contributed by atoms with Crippen molar-refractivity contribution in [1.29, 1.82) is 0 Å². The first-order valence-corrected chi connectivity index (χ1v) is 7.01. The van der Waals surface area contributed by atoms with E-state index in [9.17, 15) is 0 Å². The van der Waals surface area contributed by atoms with Gasteiger partial charge in [0.1, 0.15) is 0 Å². The Balaban J connectivity index is 2.89. The monoisotopic (exact) mass is 232 g/mol. The molecule has 1 aromatic rings. The van der Waals surface area contributed by atoms with Crippen molar-refractivity contribution in [2.24, 2.45) is 11.3 Å². The van der Waals surface area contributed by atoms with Crippen LogP contribution < -0.4 is 0 Å². The topological polar surface area (TPSA) is 0 Å². The van der Waals surface area contributed by atoms with Gasteiger partial charge in [0.2, 0.25) is 0 Å². The molecule has 0 aliphatic heterocycles. The van der Waals surface area contributed by atoms with E-state index in [1.807, 2.05) is 0 Å². The maximum absolute atomic E-state index is 2.42. The van der Waals surface area contributed by atoms with E-state index in [1.165, 1.54) is 24.8 Å².